The van der Waals surface area contributed by atoms with Crippen molar-refractivity contribution in [2.24, 2.45) is 0 Å². The molecule has 0 atom stereocenters. The average Bonchev–Trinajstić information content (AvgIpc) is 2.46. The molecule has 0 spiro atoms. The summed E-state index contributed by atoms with van der Waals surface area (Å²) in [6, 6.07) is 0. The molecule has 0 aliphatic rings. The van der Waals surface area contributed by atoms with E-state index >= 15 is 0 Å². The van der Waals surface area contributed by atoms with Gasteiger partial charge in [-0.1, -0.05) is 95.8 Å². The highest BCUT2D eigenvalue weighted by molar-refractivity contribution is 5.80. The Morgan fingerprint density at radius 2 is 1.24 bits per heavy atom. The Morgan fingerprint density at radius 3 is 1.71 bits per heavy atom. The zero-order valence-electron chi connectivity index (χ0n) is 13.9. The summed E-state index contributed by atoms with van der Waals surface area (Å²) in [4.78, 5) is 10.2. The van der Waals surface area contributed by atoms with Crippen molar-refractivity contribution in [2.75, 3.05) is 0 Å². The molecule has 0 aromatic rings. The SMILES string of the molecule is CCCCCCCCCCCCCCC=CC=CC(=O)O. The third kappa shape index (κ3) is 18.9. The summed E-state index contributed by atoms with van der Waals surface area (Å²) >= 11 is 0. The first kappa shape index (κ1) is 19.9. The number of aliphatic carboxylic acids is 1. The monoisotopic (exact) mass is 294 g/mol. The Bertz CT molecular complexity index is 279. The van der Waals surface area contributed by atoms with Crippen LogP contribution in [0.5, 0.6) is 0 Å². The van der Waals surface area contributed by atoms with Crippen LogP contribution in [0, 0.1) is 0 Å². The number of rotatable bonds is 15. The van der Waals surface area contributed by atoms with Crippen LogP contribution >= 0.6 is 0 Å². The zero-order chi connectivity index (χ0) is 15.6. The van der Waals surface area contributed by atoms with Gasteiger partial charge in [0.2, 0.25) is 0 Å². The molecule has 0 saturated carbocycles. The fourth-order valence-electron chi connectivity index (χ4n) is 2.42. The summed E-state index contributed by atoms with van der Waals surface area (Å²) in [5.41, 5.74) is 0. The first-order valence-electron chi connectivity index (χ1n) is 8.83. The van der Waals surface area contributed by atoms with Crippen molar-refractivity contribution in [1.82, 2.24) is 0 Å². The van der Waals surface area contributed by atoms with Crippen LogP contribution in [0.25, 0.3) is 0 Å². The molecule has 21 heavy (non-hydrogen) atoms. The second-order valence-electron chi connectivity index (χ2n) is 5.80. The number of carbonyl (C=O) groups is 1. The van der Waals surface area contributed by atoms with Gasteiger partial charge in [0.05, 0.1) is 0 Å². The van der Waals surface area contributed by atoms with Crippen molar-refractivity contribution in [1.29, 1.82) is 0 Å². The molecule has 0 unspecified atom stereocenters. The van der Waals surface area contributed by atoms with Crippen molar-refractivity contribution < 1.29 is 9.90 Å². The first-order chi connectivity index (χ1) is 10.3. The Hall–Kier alpha value is -1.05. The van der Waals surface area contributed by atoms with E-state index in [1.165, 1.54) is 83.1 Å². The van der Waals surface area contributed by atoms with Gasteiger partial charge >= 0.3 is 5.97 Å². The second-order valence-corrected chi connectivity index (χ2v) is 5.80. The van der Waals surface area contributed by atoms with Gasteiger partial charge < -0.3 is 5.11 Å². The van der Waals surface area contributed by atoms with Crippen LogP contribution in [0.1, 0.15) is 90.4 Å². The Morgan fingerprint density at radius 1 is 0.762 bits per heavy atom. The van der Waals surface area contributed by atoms with Gasteiger partial charge in [0.1, 0.15) is 0 Å². The van der Waals surface area contributed by atoms with E-state index in [1.807, 2.05) is 6.08 Å². The van der Waals surface area contributed by atoms with Gasteiger partial charge in [-0.3, -0.25) is 0 Å². The van der Waals surface area contributed by atoms with Crippen molar-refractivity contribution in [3.63, 3.8) is 0 Å². The zero-order valence-corrected chi connectivity index (χ0v) is 13.9. The van der Waals surface area contributed by atoms with Crippen LogP contribution in [-0.4, -0.2) is 11.1 Å². The molecule has 1 N–H and O–H groups in total. The van der Waals surface area contributed by atoms with Crippen molar-refractivity contribution in [2.45, 2.75) is 90.4 Å². The van der Waals surface area contributed by atoms with Crippen LogP contribution in [0.2, 0.25) is 0 Å². The number of hydrogen-bond acceptors (Lipinski definition) is 1. The molecule has 0 rings (SSSR count). The van der Waals surface area contributed by atoms with E-state index in [0.717, 1.165) is 6.42 Å². The van der Waals surface area contributed by atoms with E-state index in [0.29, 0.717) is 0 Å². The van der Waals surface area contributed by atoms with Gasteiger partial charge in [0.15, 0.2) is 0 Å². The first-order valence-corrected chi connectivity index (χ1v) is 8.83. The van der Waals surface area contributed by atoms with E-state index in [1.54, 1.807) is 6.08 Å². The molecule has 0 radical (unpaired) electrons. The largest absolute Gasteiger partial charge is 0.478 e. The highest BCUT2D eigenvalue weighted by Gasteiger charge is 1.92. The molecule has 122 valence electrons. The maximum atomic E-state index is 10.2. The Kier molecular flexibility index (Phi) is 16.2. The van der Waals surface area contributed by atoms with E-state index in [4.69, 9.17) is 5.11 Å². The number of carboxylic acid groups (broad SMARTS) is 1. The predicted molar refractivity (Wildman–Crippen MR) is 91.6 cm³/mol. The van der Waals surface area contributed by atoms with Crippen molar-refractivity contribution >= 4 is 5.97 Å². The Labute approximate surface area is 131 Å². The number of unbranched alkanes of at least 4 members (excludes halogenated alkanes) is 12. The predicted octanol–water partition coefficient (Wildman–Crippen LogP) is 6.27. The minimum absolute atomic E-state index is 0.884. The van der Waals surface area contributed by atoms with Crippen LogP contribution in [0.4, 0.5) is 0 Å². The highest BCUT2D eigenvalue weighted by Crippen LogP contribution is 2.12. The summed E-state index contributed by atoms with van der Waals surface area (Å²) < 4.78 is 0. The van der Waals surface area contributed by atoms with Crippen LogP contribution in [0.3, 0.4) is 0 Å². The topological polar surface area (TPSA) is 37.3 Å². The summed E-state index contributed by atoms with van der Waals surface area (Å²) in [5.74, 6) is -0.884. The van der Waals surface area contributed by atoms with Gasteiger partial charge in [-0.05, 0) is 12.8 Å². The van der Waals surface area contributed by atoms with Gasteiger partial charge in [-0.15, -0.1) is 0 Å². The maximum Gasteiger partial charge on any atom is 0.328 e. The molecule has 0 bridgehead atoms. The summed E-state index contributed by atoms with van der Waals surface area (Å²) in [7, 11) is 0. The third-order valence-electron chi connectivity index (χ3n) is 3.71. The lowest BCUT2D eigenvalue weighted by Crippen LogP contribution is -1.84. The van der Waals surface area contributed by atoms with E-state index in [-0.39, 0.29) is 0 Å². The van der Waals surface area contributed by atoms with Gasteiger partial charge in [-0.2, -0.15) is 0 Å². The molecule has 0 saturated heterocycles. The molecule has 2 heteroatoms. The molecule has 0 amide bonds. The van der Waals surface area contributed by atoms with Gasteiger partial charge in [0.25, 0.3) is 0 Å². The summed E-state index contributed by atoms with van der Waals surface area (Å²) in [5, 5.41) is 8.41. The van der Waals surface area contributed by atoms with E-state index < -0.39 is 5.97 Å². The van der Waals surface area contributed by atoms with Crippen molar-refractivity contribution in [3.8, 4) is 0 Å². The smallest absolute Gasteiger partial charge is 0.328 e. The quantitative estimate of drug-likeness (QED) is 0.219. The standard InChI is InChI=1S/C19H34O2/c1-2-3-4-5-6-7-8-9-10-11-12-13-14-15-16-17-18-19(20)21/h15-18H,2-14H2,1H3,(H,20,21). The van der Waals surface area contributed by atoms with Gasteiger partial charge in [0, 0.05) is 6.08 Å². The second kappa shape index (κ2) is 17.0. The fraction of sp³-hybridized carbons (Fsp3) is 0.737. The molecule has 0 fully saturated rings. The van der Waals surface area contributed by atoms with E-state index in [2.05, 4.69) is 13.0 Å². The number of allylic oxidation sites excluding steroid dienone is 3. The Balaban J connectivity index is 3.10. The maximum absolute atomic E-state index is 10.2. The molecule has 0 aromatic heterocycles. The normalized spacial score (nSPS) is 11.7. The average molecular weight is 294 g/mol. The lowest BCUT2D eigenvalue weighted by Gasteiger charge is -2.02. The molecule has 0 aliphatic carbocycles. The van der Waals surface area contributed by atoms with Crippen molar-refractivity contribution in [3.05, 3.63) is 24.3 Å². The van der Waals surface area contributed by atoms with Gasteiger partial charge in [-0.25, -0.2) is 4.79 Å². The third-order valence-corrected chi connectivity index (χ3v) is 3.71. The van der Waals surface area contributed by atoms with E-state index in [9.17, 15) is 4.79 Å². The lowest BCUT2D eigenvalue weighted by molar-refractivity contribution is -0.131. The summed E-state index contributed by atoms with van der Waals surface area (Å²) in [6.07, 6.45) is 24.2. The lowest BCUT2D eigenvalue weighted by atomic mass is 10.0. The highest BCUT2D eigenvalue weighted by atomic mass is 16.4. The molecule has 2 nitrogen and oxygen atoms in total. The number of hydrogen-bond donors (Lipinski definition) is 1. The van der Waals surface area contributed by atoms with Crippen LogP contribution < -0.4 is 0 Å². The molecule has 0 aliphatic heterocycles. The number of carboxylic acids is 1. The molecule has 0 aromatic carbocycles. The molecular weight excluding hydrogens is 260 g/mol. The van der Waals surface area contributed by atoms with Crippen LogP contribution in [-0.2, 0) is 4.79 Å². The minimum atomic E-state index is -0.884. The van der Waals surface area contributed by atoms with Crippen LogP contribution in [0.15, 0.2) is 24.3 Å². The minimum Gasteiger partial charge on any atom is -0.478 e. The molecule has 0 heterocycles. The fourth-order valence-corrected chi connectivity index (χ4v) is 2.42. The molecular formula is C19H34O2. The summed E-state index contributed by atoms with van der Waals surface area (Å²) in [6.45, 7) is 2.27.